The highest BCUT2D eigenvalue weighted by Crippen LogP contribution is 2.52. The molecular weight excluding hydrogens is 440 g/mol. The van der Waals surface area contributed by atoms with Crippen molar-refractivity contribution in [1.29, 1.82) is 0 Å². The number of aromatic hydroxyl groups is 1. The molecule has 3 nitrogen and oxygen atoms in total. The molecule has 0 saturated heterocycles. The number of hydrogen-bond donors (Lipinski definition) is 1. The van der Waals surface area contributed by atoms with Gasteiger partial charge in [-0.05, 0) is 62.7 Å². The molecule has 0 unspecified atom stereocenters. The molecule has 1 aliphatic carbocycles. The first-order chi connectivity index (χ1) is 17.4. The average Bonchev–Trinajstić information content (AvgIpc) is 3.15. The predicted octanol–water partition coefficient (Wildman–Crippen LogP) is 8.50. The maximum absolute atomic E-state index is 10.6. The number of rotatable bonds is 1. The maximum Gasteiger partial charge on any atom is 0.137 e. The molecule has 6 aromatic rings. The monoisotopic (exact) mass is 466 g/mol. The second kappa shape index (κ2) is 7.32. The zero-order chi connectivity index (χ0) is 24.6. The maximum atomic E-state index is 10.6. The topological polar surface area (TPSA) is 38.0 Å². The van der Waals surface area contributed by atoms with E-state index in [1.165, 1.54) is 38.6 Å². The molecule has 0 radical (unpaired) electrons. The largest absolute Gasteiger partial charge is 0.508 e. The van der Waals surface area contributed by atoms with E-state index < -0.39 is 0 Å². The van der Waals surface area contributed by atoms with E-state index >= 15 is 0 Å². The summed E-state index contributed by atoms with van der Waals surface area (Å²) in [5.41, 5.74) is 9.24. The van der Waals surface area contributed by atoms with Crippen molar-refractivity contribution in [2.24, 2.45) is 0 Å². The van der Waals surface area contributed by atoms with Gasteiger partial charge in [-0.1, -0.05) is 81.4 Å². The van der Waals surface area contributed by atoms with Crippen LogP contribution >= 0.6 is 0 Å². The highest BCUT2D eigenvalue weighted by molar-refractivity contribution is 6.19. The summed E-state index contributed by atoms with van der Waals surface area (Å²) in [5, 5.41) is 14.2. The molecule has 174 valence electrons. The van der Waals surface area contributed by atoms with Crippen LogP contribution in [0.1, 0.15) is 26.3 Å². The molecular formula is C33H26N2O. The van der Waals surface area contributed by atoms with E-state index in [2.05, 4.69) is 98.1 Å². The molecule has 2 heterocycles. The molecule has 36 heavy (non-hydrogen) atoms. The number of phenols is 1. The Morgan fingerprint density at radius 1 is 0.722 bits per heavy atom. The summed E-state index contributed by atoms with van der Waals surface area (Å²) < 4.78 is 2.24. The molecule has 1 N–H and O–H groups in total. The Labute approximate surface area is 210 Å². The van der Waals surface area contributed by atoms with Crippen LogP contribution < -0.4 is 0 Å². The summed E-state index contributed by atoms with van der Waals surface area (Å²) in [6, 6.07) is 31.7. The summed E-state index contributed by atoms with van der Waals surface area (Å²) in [6.07, 6.45) is 1.90. The van der Waals surface area contributed by atoms with Gasteiger partial charge in [0.25, 0.3) is 0 Å². The number of hydrogen-bond acceptors (Lipinski definition) is 2. The van der Waals surface area contributed by atoms with Gasteiger partial charge in [0.2, 0.25) is 0 Å². The molecule has 0 amide bonds. The summed E-state index contributed by atoms with van der Waals surface area (Å²) in [5.74, 6) is 1.10. The number of pyridine rings is 1. The minimum absolute atomic E-state index is 0.0144. The van der Waals surface area contributed by atoms with Crippen molar-refractivity contribution < 1.29 is 5.11 Å². The van der Waals surface area contributed by atoms with Crippen molar-refractivity contribution in [3.8, 4) is 45.1 Å². The van der Waals surface area contributed by atoms with E-state index in [-0.39, 0.29) is 11.2 Å². The molecule has 1 aliphatic rings. The fourth-order valence-electron chi connectivity index (χ4n) is 5.75. The average molecular weight is 467 g/mol. The third kappa shape index (κ3) is 2.89. The SMILES string of the molecule is CC(C)(C)c1ccnc(-n2c3c(c4ccc(O)cc42)-c2cccc4cccc(c24)-c2ccccc2-3)c1. The second-order valence-corrected chi connectivity index (χ2v) is 10.7. The van der Waals surface area contributed by atoms with Gasteiger partial charge in [-0.2, -0.15) is 0 Å². The van der Waals surface area contributed by atoms with E-state index in [4.69, 9.17) is 4.98 Å². The quantitative estimate of drug-likeness (QED) is 0.263. The van der Waals surface area contributed by atoms with Gasteiger partial charge in [0, 0.05) is 28.8 Å². The highest BCUT2D eigenvalue weighted by atomic mass is 16.3. The van der Waals surface area contributed by atoms with E-state index in [1.807, 2.05) is 18.3 Å². The Balaban J connectivity index is 1.73. The van der Waals surface area contributed by atoms with Gasteiger partial charge >= 0.3 is 0 Å². The van der Waals surface area contributed by atoms with E-state index in [0.29, 0.717) is 0 Å². The molecule has 0 atom stereocenters. The summed E-state index contributed by atoms with van der Waals surface area (Å²) in [7, 11) is 0. The van der Waals surface area contributed by atoms with Crippen LogP contribution in [0.4, 0.5) is 0 Å². The Hall–Kier alpha value is -4.37. The van der Waals surface area contributed by atoms with Gasteiger partial charge in [-0.15, -0.1) is 0 Å². The van der Waals surface area contributed by atoms with Crippen LogP contribution in [-0.2, 0) is 5.41 Å². The van der Waals surface area contributed by atoms with Gasteiger partial charge in [-0.25, -0.2) is 4.98 Å². The van der Waals surface area contributed by atoms with Gasteiger partial charge in [0.1, 0.15) is 11.6 Å². The van der Waals surface area contributed by atoms with Gasteiger partial charge in [0.05, 0.1) is 11.2 Å². The van der Waals surface area contributed by atoms with Crippen molar-refractivity contribution in [2.45, 2.75) is 26.2 Å². The number of phenolic OH excluding ortho intramolecular Hbond substituents is 1. The molecule has 0 aliphatic heterocycles. The molecule has 7 rings (SSSR count). The van der Waals surface area contributed by atoms with Crippen LogP contribution in [-0.4, -0.2) is 14.7 Å². The van der Waals surface area contributed by atoms with E-state index in [1.54, 1.807) is 6.07 Å². The minimum atomic E-state index is -0.0144. The van der Waals surface area contributed by atoms with Crippen LogP contribution in [0, 0.1) is 0 Å². The van der Waals surface area contributed by atoms with Crippen molar-refractivity contribution in [3.05, 3.63) is 103 Å². The third-order valence-electron chi connectivity index (χ3n) is 7.44. The normalized spacial score (nSPS) is 12.4. The van der Waals surface area contributed by atoms with Crippen molar-refractivity contribution in [1.82, 2.24) is 9.55 Å². The third-order valence-corrected chi connectivity index (χ3v) is 7.44. The number of fused-ring (bicyclic) bond motifs is 7. The van der Waals surface area contributed by atoms with Gasteiger partial charge in [-0.3, -0.25) is 4.57 Å². The van der Waals surface area contributed by atoms with Crippen molar-refractivity contribution >= 4 is 21.7 Å². The lowest BCUT2D eigenvalue weighted by Gasteiger charge is -2.20. The first kappa shape index (κ1) is 21.0. The first-order valence-corrected chi connectivity index (χ1v) is 12.4. The zero-order valence-electron chi connectivity index (χ0n) is 20.6. The zero-order valence-corrected chi connectivity index (χ0v) is 20.6. The molecule has 0 bridgehead atoms. The Kier molecular flexibility index (Phi) is 4.26. The first-order valence-electron chi connectivity index (χ1n) is 12.4. The number of aromatic nitrogens is 2. The summed E-state index contributed by atoms with van der Waals surface area (Å²) in [4.78, 5) is 4.87. The molecule has 0 fully saturated rings. The minimum Gasteiger partial charge on any atom is -0.508 e. The van der Waals surface area contributed by atoms with Crippen LogP contribution in [0.25, 0.3) is 61.0 Å². The van der Waals surface area contributed by atoms with Gasteiger partial charge < -0.3 is 5.11 Å². The molecule has 3 heteroatoms. The lowest BCUT2D eigenvalue weighted by atomic mass is 9.88. The van der Waals surface area contributed by atoms with Gasteiger partial charge in [0.15, 0.2) is 0 Å². The van der Waals surface area contributed by atoms with Crippen LogP contribution in [0.5, 0.6) is 5.75 Å². The molecule has 2 aromatic heterocycles. The lowest BCUT2D eigenvalue weighted by Crippen LogP contribution is -2.12. The molecule has 0 saturated carbocycles. The predicted molar refractivity (Wildman–Crippen MR) is 149 cm³/mol. The van der Waals surface area contributed by atoms with Crippen molar-refractivity contribution in [2.75, 3.05) is 0 Å². The highest BCUT2D eigenvalue weighted by Gasteiger charge is 2.29. The van der Waals surface area contributed by atoms with E-state index in [0.717, 1.165) is 28.0 Å². The Bertz CT molecular complexity index is 1830. The lowest BCUT2D eigenvalue weighted by molar-refractivity contribution is 0.476. The number of benzene rings is 4. The fourth-order valence-corrected chi connectivity index (χ4v) is 5.75. The summed E-state index contributed by atoms with van der Waals surface area (Å²) >= 11 is 0. The van der Waals surface area contributed by atoms with Crippen LogP contribution in [0.15, 0.2) is 97.2 Å². The number of nitrogens with zero attached hydrogens (tertiary/aromatic N) is 2. The van der Waals surface area contributed by atoms with E-state index in [9.17, 15) is 5.11 Å². The second-order valence-electron chi connectivity index (χ2n) is 10.7. The smallest absolute Gasteiger partial charge is 0.137 e. The standard InChI is InChI=1S/C33H26N2O/c1-33(2,3)21-16-17-34-29(18-21)35-28-19-22(36)14-15-26(28)31-27-13-7-9-20-8-6-12-24(30(20)27)23-10-4-5-11-25(23)32(31)35/h4-19,36H,1-3H3. The van der Waals surface area contributed by atoms with Crippen LogP contribution in [0.2, 0.25) is 0 Å². The fraction of sp³-hybridized carbons (Fsp3) is 0.121. The molecule has 0 spiro atoms. The summed E-state index contributed by atoms with van der Waals surface area (Å²) in [6.45, 7) is 6.66. The van der Waals surface area contributed by atoms with Crippen molar-refractivity contribution in [3.63, 3.8) is 0 Å². The Morgan fingerprint density at radius 2 is 1.44 bits per heavy atom. The molecule has 4 aromatic carbocycles. The van der Waals surface area contributed by atoms with Crippen LogP contribution in [0.3, 0.4) is 0 Å². The Morgan fingerprint density at radius 3 is 2.22 bits per heavy atom.